The third kappa shape index (κ3) is 1.92. The Hall–Kier alpha value is -2.02. The Labute approximate surface area is 110 Å². The van der Waals surface area contributed by atoms with Crippen molar-refractivity contribution in [3.63, 3.8) is 0 Å². The molecule has 18 heavy (non-hydrogen) atoms. The molecule has 2 aromatic heterocycles. The zero-order valence-electron chi connectivity index (χ0n) is 9.17. The quantitative estimate of drug-likeness (QED) is 0.775. The molecule has 0 radical (unpaired) electrons. The molecule has 3 aromatic rings. The van der Waals surface area contributed by atoms with Gasteiger partial charge in [0.1, 0.15) is 0 Å². The molecule has 0 saturated carbocycles. The van der Waals surface area contributed by atoms with Crippen molar-refractivity contribution in [1.29, 1.82) is 0 Å². The van der Waals surface area contributed by atoms with Crippen LogP contribution >= 0.6 is 15.9 Å². The fourth-order valence-electron chi connectivity index (χ4n) is 1.82. The number of aromatic amines is 1. The Bertz CT molecular complexity index is 750. The van der Waals surface area contributed by atoms with Crippen molar-refractivity contribution < 1.29 is 0 Å². The van der Waals surface area contributed by atoms with Crippen LogP contribution in [0.2, 0.25) is 0 Å². The number of hydrogen-bond donors (Lipinski definition) is 1. The lowest BCUT2D eigenvalue weighted by atomic mass is 10.2. The standard InChI is InChI=1S/C11H8BrN5O/c12-7-1-2-8-9(5-7)17(4-3-10(8)18)6-11-13-15-16-14-11/h1-5H,6H2,(H,13,14,15,16). The van der Waals surface area contributed by atoms with E-state index in [1.54, 1.807) is 12.3 Å². The molecule has 0 aliphatic carbocycles. The Morgan fingerprint density at radius 2 is 2.22 bits per heavy atom. The van der Waals surface area contributed by atoms with Crippen molar-refractivity contribution in [3.8, 4) is 0 Å². The summed E-state index contributed by atoms with van der Waals surface area (Å²) in [5.74, 6) is 0.569. The first-order valence-electron chi connectivity index (χ1n) is 5.25. The predicted molar refractivity (Wildman–Crippen MR) is 69.2 cm³/mol. The second-order valence-electron chi connectivity index (χ2n) is 3.80. The van der Waals surface area contributed by atoms with Crippen molar-refractivity contribution >= 4 is 26.8 Å². The lowest BCUT2D eigenvalue weighted by Gasteiger charge is -2.08. The van der Waals surface area contributed by atoms with E-state index < -0.39 is 0 Å². The van der Waals surface area contributed by atoms with E-state index in [4.69, 9.17) is 0 Å². The number of hydrogen-bond acceptors (Lipinski definition) is 4. The SMILES string of the molecule is O=c1ccn(Cc2nn[nH]n2)c2cc(Br)ccc12. The van der Waals surface area contributed by atoms with Crippen molar-refractivity contribution in [2.75, 3.05) is 0 Å². The molecule has 7 heteroatoms. The Balaban J connectivity index is 2.20. The fourth-order valence-corrected chi connectivity index (χ4v) is 2.17. The molecular formula is C11H8BrN5O. The lowest BCUT2D eigenvalue weighted by molar-refractivity contribution is 0.767. The van der Waals surface area contributed by atoms with E-state index >= 15 is 0 Å². The van der Waals surface area contributed by atoms with Crippen LogP contribution in [0.5, 0.6) is 0 Å². The summed E-state index contributed by atoms with van der Waals surface area (Å²) in [6.45, 7) is 0.462. The number of H-pyrrole nitrogens is 1. The highest BCUT2D eigenvalue weighted by atomic mass is 79.9. The van der Waals surface area contributed by atoms with Gasteiger partial charge in [0.15, 0.2) is 11.3 Å². The van der Waals surface area contributed by atoms with Gasteiger partial charge >= 0.3 is 0 Å². The maximum Gasteiger partial charge on any atom is 0.194 e. The van der Waals surface area contributed by atoms with Crippen molar-refractivity contribution in [3.05, 3.63) is 51.0 Å². The number of pyridine rings is 1. The molecule has 0 aliphatic rings. The summed E-state index contributed by atoms with van der Waals surface area (Å²) >= 11 is 3.40. The second-order valence-corrected chi connectivity index (χ2v) is 4.71. The summed E-state index contributed by atoms with van der Waals surface area (Å²) in [7, 11) is 0. The van der Waals surface area contributed by atoms with Crippen LogP contribution in [0.4, 0.5) is 0 Å². The minimum Gasteiger partial charge on any atom is -0.339 e. The van der Waals surface area contributed by atoms with Gasteiger partial charge in [-0.2, -0.15) is 5.21 Å². The smallest absolute Gasteiger partial charge is 0.194 e. The number of aromatic nitrogens is 5. The maximum absolute atomic E-state index is 11.8. The first-order valence-corrected chi connectivity index (χ1v) is 6.04. The van der Waals surface area contributed by atoms with Gasteiger partial charge in [-0.1, -0.05) is 21.1 Å². The van der Waals surface area contributed by atoms with E-state index in [-0.39, 0.29) is 5.43 Å². The number of rotatable bonds is 2. The van der Waals surface area contributed by atoms with Crippen molar-refractivity contribution in [2.45, 2.75) is 6.54 Å². The van der Waals surface area contributed by atoms with Crippen molar-refractivity contribution in [1.82, 2.24) is 25.2 Å². The summed E-state index contributed by atoms with van der Waals surface area (Å²) in [6.07, 6.45) is 1.73. The molecule has 0 unspecified atom stereocenters. The van der Waals surface area contributed by atoms with Crippen LogP contribution in [-0.2, 0) is 6.54 Å². The molecule has 1 N–H and O–H groups in total. The molecule has 0 aliphatic heterocycles. The topological polar surface area (TPSA) is 76.5 Å². The number of nitrogens with one attached hydrogen (secondary N) is 1. The van der Waals surface area contributed by atoms with Gasteiger partial charge in [-0.15, -0.1) is 10.2 Å². The molecule has 6 nitrogen and oxygen atoms in total. The van der Waals surface area contributed by atoms with Crippen LogP contribution in [0.1, 0.15) is 5.82 Å². The van der Waals surface area contributed by atoms with Crippen LogP contribution in [0, 0.1) is 0 Å². The highest BCUT2D eigenvalue weighted by Crippen LogP contribution is 2.17. The minimum atomic E-state index is 0.00172. The van der Waals surface area contributed by atoms with Gasteiger partial charge in [0, 0.05) is 22.1 Å². The second kappa shape index (κ2) is 4.34. The lowest BCUT2D eigenvalue weighted by Crippen LogP contribution is -2.09. The highest BCUT2D eigenvalue weighted by Gasteiger charge is 2.06. The summed E-state index contributed by atoms with van der Waals surface area (Å²) in [6, 6.07) is 7.09. The average Bonchev–Trinajstić information content (AvgIpc) is 2.86. The van der Waals surface area contributed by atoms with Crippen LogP contribution in [0.15, 0.2) is 39.7 Å². The first kappa shape index (κ1) is 11.1. The zero-order valence-corrected chi connectivity index (χ0v) is 10.8. The van der Waals surface area contributed by atoms with E-state index in [9.17, 15) is 4.79 Å². The first-order chi connectivity index (χ1) is 8.74. The van der Waals surface area contributed by atoms with Gasteiger partial charge in [-0.25, -0.2) is 0 Å². The van der Waals surface area contributed by atoms with Crippen molar-refractivity contribution in [2.24, 2.45) is 0 Å². The third-order valence-electron chi connectivity index (χ3n) is 2.64. The van der Waals surface area contributed by atoms with Crippen LogP contribution in [0.25, 0.3) is 10.9 Å². The maximum atomic E-state index is 11.8. The number of nitrogens with zero attached hydrogens (tertiary/aromatic N) is 4. The third-order valence-corrected chi connectivity index (χ3v) is 3.13. The van der Waals surface area contributed by atoms with E-state index in [2.05, 4.69) is 36.6 Å². The molecule has 0 atom stereocenters. The van der Waals surface area contributed by atoms with Gasteiger partial charge in [0.25, 0.3) is 0 Å². The normalized spacial score (nSPS) is 10.9. The number of tetrazole rings is 1. The molecule has 1 aromatic carbocycles. The molecule has 0 spiro atoms. The summed E-state index contributed by atoms with van der Waals surface area (Å²) in [4.78, 5) is 11.8. The molecule has 0 amide bonds. The number of halogens is 1. The van der Waals surface area contributed by atoms with Gasteiger partial charge in [0.05, 0.1) is 12.1 Å². The Morgan fingerprint density at radius 3 is 3.00 bits per heavy atom. The van der Waals surface area contributed by atoms with Crippen LogP contribution < -0.4 is 5.43 Å². The molecule has 0 saturated heterocycles. The van der Waals surface area contributed by atoms with Gasteiger partial charge in [0.2, 0.25) is 0 Å². The Kier molecular flexibility index (Phi) is 2.67. The molecule has 0 bridgehead atoms. The minimum absolute atomic E-state index is 0.00172. The predicted octanol–water partition coefficient (Wildman–Crippen LogP) is 1.33. The monoisotopic (exact) mass is 305 g/mol. The van der Waals surface area contributed by atoms with Crippen LogP contribution in [0.3, 0.4) is 0 Å². The molecular weight excluding hydrogens is 298 g/mol. The van der Waals surface area contributed by atoms with E-state index in [1.165, 1.54) is 6.07 Å². The van der Waals surface area contributed by atoms with E-state index in [0.29, 0.717) is 17.8 Å². The zero-order chi connectivity index (χ0) is 12.5. The number of fused-ring (bicyclic) bond motifs is 1. The van der Waals surface area contributed by atoms with Crippen LogP contribution in [-0.4, -0.2) is 25.2 Å². The summed E-state index contributed by atoms with van der Waals surface area (Å²) in [5.41, 5.74) is 0.837. The molecule has 2 heterocycles. The highest BCUT2D eigenvalue weighted by molar-refractivity contribution is 9.10. The molecule has 90 valence electrons. The number of benzene rings is 1. The van der Waals surface area contributed by atoms with E-state index in [0.717, 1.165) is 9.99 Å². The van der Waals surface area contributed by atoms with Gasteiger partial charge in [-0.05, 0) is 18.2 Å². The largest absolute Gasteiger partial charge is 0.339 e. The fraction of sp³-hybridized carbons (Fsp3) is 0.0909. The summed E-state index contributed by atoms with van der Waals surface area (Å²) < 4.78 is 2.83. The van der Waals surface area contributed by atoms with Gasteiger partial charge < -0.3 is 4.57 Å². The Morgan fingerprint density at radius 1 is 1.33 bits per heavy atom. The van der Waals surface area contributed by atoms with Gasteiger partial charge in [-0.3, -0.25) is 4.79 Å². The summed E-state index contributed by atoms with van der Waals surface area (Å²) in [5, 5.41) is 14.4. The average molecular weight is 306 g/mol. The molecule has 0 fully saturated rings. The molecule has 3 rings (SSSR count). The van der Waals surface area contributed by atoms with E-state index in [1.807, 2.05) is 16.7 Å².